The Balaban J connectivity index is 3.24. The zero-order valence-corrected chi connectivity index (χ0v) is 4.92. The third-order valence-electron chi connectivity index (χ3n) is 0.795. The summed E-state index contributed by atoms with van der Waals surface area (Å²) in [6.45, 7) is 1.60. The van der Waals surface area contributed by atoms with Gasteiger partial charge in [-0.25, -0.2) is 0 Å². The Hall–Kier alpha value is -0.410. The van der Waals surface area contributed by atoms with Crippen molar-refractivity contribution in [3.8, 4) is 0 Å². The van der Waals surface area contributed by atoms with Crippen molar-refractivity contribution in [2.45, 2.75) is 19.4 Å². The second kappa shape index (κ2) is 3.57. The minimum absolute atomic E-state index is 0.0250. The second-order valence-corrected chi connectivity index (χ2v) is 1.80. The van der Waals surface area contributed by atoms with Crippen LogP contribution in [-0.2, 0) is 4.79 Å². The number of aliphatic hydroxyl groups excluding tert-OH is 1. The highest BCUT2D eigenvalue weighted by molar-refractivity contribution is 5.75. The second-order valence-electron chi connectivity index (χ2n) is 1.80. The average Bonchev–Trinajstić information content (AvgIpc) is 1.65. The van der Waals surface area contributed by atoms with E-state index in [1.54, 1.807) is 0 Å². The highest BCUT2D eigenvalue weighted by Gasteiger charge is 2.02. The van der Waals surface area contributed by atoms with Gasteiger partial charge in [-0.05, 0) is 6.92 Å². The van der Waals surface area contributed by atoms with Crippen LogP contribution in [0.5, 0.6) is 0 Å². The van der Waals surface area contributed by atoms with E-state index in [0.29, 0.717) is 0 Å². The molecule has 0 saturated heterocycles. The monoisotopic (exact) mass is 117 g/mol. The van der Waals surface area contributed by atoms with E-state index in [-0.39, 0.29) is 18.7 Å². The fourth-order valence-electron chi connectivity index (χ4n) is 0.415. The number of hydrogen-bond acceptors (Lipinski definition) is 3. The van der Waals surface area contributed by atoms with Gasteiger partial charge in [-0.3, -0.25) is 4.79 Å². The molecular formula is C5H11NO2. The van der Waals surface area contributed by atoms with Gasteiger partial charge in [0, 0.05) is 13.0 Å². The van der Waals surface area contributed by atoms with Gasteiger partial charge >= 0.3 is 0 Å². The molecule has 8 heavy (non-hydrogen) atoms. The van der Waals surface area contributed by atoms with E-state index in [2.05, 4.69) is 0 Å². The highest BCUT2D eigenvalue weighted by Crippen LogP contribution is 1.87. The first kappa shape index (κ1) is 7.59. The summed E-state index contributed by atoms with van der Waals surface area (Å²) in [6, 6.07) is 0. The Morgan fingerprint density at radius 1 is 1.88 bits per heavy atom. The van der Waals surface area contributed by atoms with Crippen LogP contribution in [0.3, 0.4) is 0 Å². The molecule has 1 atom stereocenters. The summed E-state index contributed by atoms with van der Waals surface area (Å²) in [6.07, 6.45) is -0.469. The van der Waals surface area contributed by atoms with Crippen molar-refractivity contribution in [1.29, 1.82) is 0 Å². The summed E-state index contributed by atoms with van der Waals surface area (Å²) in [5, 5.41) is 8.68. The Morgan fingerprint density at radius 3 is 2.50 bits per heavy atom. The van der Waals surface area contributed by atoms with Gasteiger partial charge in [0.25, 0.3) is 0 Å². The lowest BCUT2D eigenvalue weighted by molar-refractivity contribution is -0.118. The molecule has 0 aromatic carbocycles. The first-order chi connectivity index (χ1) is 3.66. The van der Waals surface area contributed by atoms with Gasteiger partial charge in [-0.1, -0.05) is 0 Å². The minimum atomic E-state index is -0.646. The molecule has 0 aromatic rings. The van der Waals surface area contributed by atoms with Crippen molar-refractivity contribution >= 4 is 5.78 Å². The zero-order valence-electron chi connectivity index (χ0n) is 4.92. The van der Waals surface area contributed by atoms with Gasteiger partial charge in [0.1, 0.15) is 5.78 Å². The van der Waals surface area contributed by atoms with Crippen LogP contribution < -0.4 is 5.73 Å². The van der Waals surface area contributed by atoms with Crippen molar-refractivity contribution in [3.05, 3.63) is 0 Å². The van der Waals surface area contributed by atoms with Crippen molar-refractivity contribution in [3.63, 3.8) is 0 Å². The van der Waals surface area contributed by atoms with Crippen LogP contribution in [-0.4, -0.2) is 23.5 Å². The van der Waals surface area contributed by atoms with Crippen LogP contribution >= 0.6 is 0 Å². The number of carbonyl (C=O) groups is 1. The lowest BCUT2D eigenvalue weighted by Gasteiger charge is -2.01. The first-order valence-electron chi connectivity index (χ1n) is 2.54. The zero-order chi connectivity index (χ0) is 6.57. The molecule has 0 spiro atoms. The van der Waals surface area contributed by atoms with Gasteiger partial charge in [0.15, 0.2) is 0 Å². The van der Waals surface area contributed by atoms with Crippen molar-refractivity contribution < 1.29 is 9.90 Å². The van der Waals surface area contributed by atoms with Crippen LogP contribution in [0.4, 0.5) is 0 Å². The summed E-state index contributed by atoms with van der Waals surface area (Å²) in [4.78, 5) is 10.2. The summed E-state index contributed by atoms with van der Waals surface area (Å²) >= 11 is 0. The standard InChI is InChI=1S/C5H11NO2/c1-4(7)2-5(8)3-6/h5,8H,2-3,6H2,1H3. The van der Waals surface area contributed by atoms with E-state index in [0.717, 1.165) is 0 Å². The van der Waals surface area contributed by atoms with E-state index in [1.165, 1.54) is 6.92 Å². The lowest BCUT2D eigenvalue weighted by Crippen LogP contribution is -2.21. The van der Waals surface area contributed by atoms with Gasteiger partial charge in [-0.2, -0.15) is 0 Å². The van der Waals surface area contributed by atoms with Gasteiger partial charge in [-0.15, -0.1) is 0 Å². The minimum Gasteiger partial charge on any atom is -0.391 e. The maximum absolute atomic E-state index is 10.2. The molecule has 1 unspecified atom stereocenters. The molecule has 0 heterocycles. The largest absolute Gasteiger partial charge is 0.391 e. The summed E-state index contributed by atoms with van der Waals surface area (Å²) in [7, 11) is 0. The van der Waals surface area contributed by atoms with E-state index in [4.69, 9.17) is 10.8 Å². The molecule has 0 saturated carbocycles. The molecule has 0 aromatic heterocycles. The molecule has 0 bridgehead atoms. The number of aliphatic hydroxyl groups is 1. The SMILES string of the molecule is CC(=O)CC(O)CN. The van der Waals surface area contributed by atoms with Gasteiger partial charge in [0.05, 0.1) is 6.10 Å². The third-order valence-corrected chi connectivity index (χ3v) is 0.795. The number of nitrogens with two attached hydrogens (primary N) is 1. The predicted octanol–water partition coefficient (Wildman–Crippen LogP) is -0.715. The molecule has 0 fully saturated rings. The number of ketones is 1. The first-order valence-corrected chi connectivity index (χ1v) is 2.54. The molecule has 3 nitrogen and oxygen atoms in total. The molecule has 3 heteroatoms. The molecular weight excluding hydrogens is 106 g/mol. The molecule has 0 radical (unpaired) electrons. The smallest absolute Gasteiger partial charge is 0.132 e. The molecule has 0 aliphatic rings. The van der Waals surface area contributed by atoms with Gasteiger partial charge < -0.3 is 10.8 Å². The Kier molecular flexibility index (Phi) is 3.39. The predicted molar refractivity (Wildman–Crippen MR) is 30.4 cm³/mol. The fraction of sp³-hybridized carbons (Fsp3) is 0.800. The van der Waals surface area contributed by atoms with Crippen molar-refractivity contribution in [1.82, 2.24) is 0 Å². The van der Waals surface area contributed by atoms with Crippen LogP contribution in [0.1, 0.15) is 13.3 Å². The number of rotatable bonds is 3. The van der Waals surface area contributed by atoms with Crippen LogP contribution in [0, 0.1) is 0 Å². The molecule has 48 valence electrons. The fourth-order valence-corrected chi connectivity index (χ4v) is 0.415. The highest BCUT2D eigenvalue weighted by atomic mass is 16.3. The van der Waals surface area contributed by atoms with Crippen LogP contribution in [0.25, 0.3) is 0 Å². The van der Waals surface area contributed by atoms with E-state index in [1.807, 2.05) is 0 Å². The van der Waals surface area contributed by atoms with Crippen LogP contribution in [0.15, 0.2) is 0 Å². The maximum atomic E-state index is 10.2. The van der Waals surface area contributed by atoms with Crippen molar-refractivity contribution in [2.75, 3.05) is 6.54 Å². The molecule has 0 aliphatic heterocycles. The summed E-state index contributed by atoms with van der Waals surface area (Å²) in [5.74, 6) is -0.0250. The maximum Gasteiger partial charge on any atom is 0.132 e. The van der Waals surface area contributed by atoms with Crippen LogP contribution in [0.2, 0.25) is 0 Å². The topological polar surface area (TPSA) is 63.3 Å². The average molecular weight is 117 g/mol. The van der Waals surface area contributed by atoms with Gasteiger partial charge in [0.2, 0.25) is 0 Å². The molecule has 0 rings (SSSR count). The number of hydrogen-bond donors (Lipinski definition) is 2. The normalized spacial score (nSPS) is 13.4. The molecule has 0 amide bonds. The quantitative estimate of drug-likeness (QED) is 0.513. The number of carbonyl (C=O) groups excluding carboxylic acids is 1. The van der Waals surface area contributed by atoms with Crippen molar-refractivity contribution in [2.24, 2.45) is 5.73 Å². The Bertz CT molecular complexity index is 82.5. The lowest BCUT2D eigenvalue weighted by atomic mass is 10.2. The number of Topliss-reactive ketones (excluding diaryl/α,β-unsaturated/α-hetero) is 1. The molecule has 3 N–H and O–H groups in total. The molecule has 0 aliphatic carbocycles. The van der Waals surface area contributed by atoms with E-state index in [9.17, 15) is 4.79 Å². The summed E-state index contributed by atoms with van der Waals surface area (Å²) in [5.41, 5.74) is 5.02. The third kappa shape index (κ3) is 3.77. The Labute approximate surface area is 48.5 Å². The van der Waals surface area contributed by atoms with E-state index >= 15 is 0 Å². The Morgan fingerprint density at radius 2 is 2.38 bits per heavy atom. The van der Waals surface area contributed by atoms with E-state index < -0.39 is 6.10 Å². The summed E-state index contributed by atoms with van der Waals surface area (Å²) < 4.78 is 0.